The van der Waals surface area contributed by atoms with Crippen molar-refractivity contribution in [2.45, 2.75) is 166 Å². The number of amides is 1. The molecule has 1 aliphatic carbocycles. The van der Waals surface area contributed by atoms with Crippen LogP contribution in [0.1, 0.15) is 106 Å². The number of hydrogen-bond donors (Lipinski definition) is 3. The maximum Gasteiger partial charge on any atom is 0.329 e. The van der Waals surface area contributed by atoms with Crippen molar-refractivity contribution in [3.8, 4) is 0 Å². The topological polar surface area (TPSA) is 161 Å². The van der Waals surface area contributed by atoms with Gasteiger partial charge in [-0.25, -0.2) is 4.79 Å². The molecule has 0 aromatic heterocycles. The summed E-state index contributed by atoms with van der Waals surface area (Å²) in [4.78, 5) is 43.5. The Labute approximate surface area is 338 Å². The number of fused-ring (bicyclic) bond motifs is 3. The van der Waals surface area contributed by atoms with Crippen LogP contribution in [0.2, 0.25) is 0 Å². The van der Waals surface area contributed by atoms with E-state index in [0.717, 1.165) is 23.3 Å². The number of ether oxygens (including phenoxy) is 5. The second-order valence-corrected chi connectivity index (χ2v) is 17.5. The number of alkyl halides is 1. The molecular formula is C43H68ClNO11. The van der Waals surface area contributed by atoms with Crippen LogP contribution in [-0.2, 0) is 38.1 Å². The normalized spacial score (nSPS) is 42.6. The van der Waals surface area contributed by atoms with Gasteiger partial charge in [-0.05, 0) is 89.0 Å². The Morgan fingerprint density at radius 3 is 2.29 bits per heavy atom. The lowest BCUT2D eigenvalue weighted by molar-refractivity contribution is -0.346. The summed E-state index contributed by atoms with van der Waals surface area (Å²) in [6.45, 7) is 11.3. The highest BCUT2D eigenvalue weighted by atomic mass is 35.5. The zero-order valence-electron chi connectivity index (χ0n) is 34.9. The number of ketones is 1. The first-order valence-electron chi connectivity index (χ1n) is 20.6. The number of rotatable bonds is 6. The predicted octanol–water partition coefficient (Wildman–Crippen LogP) is 5.63. The number of methoxy groups -OCH3 is 3. The summed E-state index contributed by atoms with van der Waals surface area (Å²) < 4.78 is 30.0. The molecule has 3 aliphatic heterocycles. The zero-order valence-corrected chi connectivity index (χ0v) is 35.7. The van der Waals surface area contributed by atoms with E-state index in [1.54, 1.807) is 41.3 Å². The van der Waals surface area contributed by atoms with Crippen molar-refractivity contribution >= 4 is 29.3 Å². The molecule has 2 bridgehead atoms. The fourth-order valence-electron chi connectivity index (χ4n) is 9.20. The highest BCUT2D eigenvalue weighted by molar-refractivity contribution is 6.21. The van der Waals surface area contributed by atoms with Gasteiger partial charge in [-0.3, -0.25) is 9.59 Å². The van der Waals surface area contributed by atoms with Crippen LogP contribution in [0.25, 0.3) is 0 Å². The molecule has 3 N–H and O–H groups in total. The largest absolute Gasteiger partial charge is 0.456 e. The van der Waals surface area contributed by atoms with E-state index in [9.17, 15) is 29.7 Å². The van der Waals surface area contributed by atoms with Crippen molar-refractivity contribution in [1.82, 2.24) is 4.90 Å². The van der Waals surface area contributed by atoms with Crippen LogP contribution >= 0.6 is 11.6 Å². The molecule has 0 radical (unpaired) electrons. The molecule has 4 aliphatic rings. The maximum atomic E-state index is 14.3. The summed E-state index contributed by atoms with van der Waals surface area (Å²) in [6, 6.07) is -1.14. The predicted molar refractivity (Wildman–Crippen MR) is 212 cm³/mol. The summed E-state index contributed by atoms with van der Waals surface area (Å²) in [7, 11) is 4.74. The van der Waals surface area contributed by atoms with Crippen LogP contribution in [-0.4, -0.2) is 119 Å². The number of Topliss-reactive ketones (excluding diaryl/α,β-unsaturated/α-hetero) is 1. The lowest BCUT2D eigenvalue weighted by Gasteiger charge is -2.49. The summed E-state index contributed by atoms with van der Waals surface area (Å²) in [5.41, 5.74) is 1.71. The van der Waals surface area contributed by atoms with Gasteiger partial charge in [0.25, 0.3) is 5.91 Å². The molecule has 1 saturated carbocycles. The maximum absolute atomic E-state index is 14.3. The van der Waals surface area contributed by atoms with Crippen LogP contribution in [0.4, 0.5) is 0 Å². The SMILES string of the molecule is CC[C@@H]1/C=C(\C)C[C@H](C)CC(OC)[C@H]2O[C@@](O)(C(O)C(=O)N3C=CCC[C@H]3C(=O)O[C@H](/C(C)=C/[C@@H]3CC[C@H](Cl)[C@H](OC)C3)[C@H](C)[C@@H](O)CC1=O)[C@H](C)C[C@@H]2OC. The van der Waals surface area contributed by atoms with Crippen molar-refractivity contribution in [3.05, 3.63) is 35.6 Å². The van der Waals surface area contributed by atoms with Gasteiger partial charge in [0.15, 0.2) is 6.10 Å². The van der Waals surface area contributed by atoms with Crippen molar-refractivity contribution in [2.24, 2.45) is 29.6 Å². The number of cyclic esters (lactones) is 1. The molecule has 4 rings (SSSR count). The fraction of sp³-hybridized carbons (Fsp3) is 0.791. The third-order valence-corrected chi connectivity index (χ3v) is 13.2. The molecule has 3 heterocycles. The molecule has 13 heteroatoms. The number of halogens is 1. The van der Waals surface area contributed by atoms with E-state index in [-0.39, 0.29) is 48.4 Å². The standard InChI is InChI=1S/C43H68ClNO11/c1-10-30-18-24(2)17-25(3)19-36(53-8)39-37(54-9)21-27(5)43(51,56-39)40(48)41(49)45-16-12-11-13-32(45)42(50)55-38(28(6)33(46)23-34(30)47)26(4)20-29-14-15-31(44)35(22-29)52-7/h12,16,18,20,25,27-33,35-40,46,48,51H,10-11,13-15,17,19,21-23H2,1-9H3/b24-18+,26-20+/t25-,27+,28+,29-,30+,31-,32-,33-,35+,36?,37-,38+,39+,40?,43+/m0/s1. The second kappa shape index (κ2) is 20.7. The molecule has 12 nitrogen and oxygen atoms in total. The molecule has 2 unspecified atom stereocenters. The van der Waals surface area contributed by atoms with Gasteiger partial charge in [0.2, 0.25) is 5.79 Å². The third-order valence-electron chi connectivity index (χ3n) is 12.7. The van der Waals surface area contributed by atoms with E-state index in [0.29, 0.717) is 37.7 Å². The van der Waals surface area contributed by atoms with Crippen LogP contribution in [0, 0.1) is 29.6 Å². The van der Waals surface area contributed by atoms with Crippen molar-refractivity contribution < 1.29 is 53.4 Å². The van der Waals surface area contributed by atoms with Gasteiger partial charge in [-0.15, -0.1) is 11.6 Å². The second-order valence-electron chi connectivity index (χ2n) is 16.9. The van der Waals surface area contributed by atoms with Gasteiger partial charge in [0.1, 0.15) is 24.0 Å². The number of carbonyl (C=O) groups is 3. The van der Waals surface area contributed by atoms with E-state index in [2.05, 4.69) is 6.92 Å². The van der Waals surface area contributed by atoms with Gasteiger partial charge in [0, 0.05) is 51.7 Å². The van der Waals surface area contributed by atoms with E-state index in [1.807, 2.05) is 32.9 Å². The van der Waals surface area contributed by atoms with Crippen molar-refractivity contribution in [3.63, 3.8) is 0 Å². The Hall–Kier alpha value is -2.16. The Morgan fingerprint density at radius 2 is 1.64 bits per heavy atom. The molecule has 15 atom stereocenters. The molecule has 1 saturated heterocycles. The summed E-state index contributed by atoms with van der Waals surface area (Å²) in [5.74, 6) is -5.81. The third kappa shape index (κ3) is 10.9. The number of hydrogen-bond acceptors (Lipinski definition) is 11. The van der Waals surface area contributed by atoms with Gasteiger partial charge < -0.3 is 43.9 Å². The summed E-state index contributed by atoms with van der Waals surface area (Å²) in [5, 5.41) is 35.4. The number of esters is 1. The van der Waals surface area contributed by atoms with E-state index in [1.165, 1.54) is 6.20 Å². The number of allylic oxidation sites excluding steroid dienone is 4. The molecule has 0 spiro atoms. The molecule has 318 valence electrons. The highest BCUT2D eigenvalue weighted by Gasteiger charge is 2.56. The zero-order chi connectivity index (χ0) is 41.5. The Balaban J connectivity index is 1.77. The number of nitrogens with zero attached hydrogens (tertiary/aromatic N) is 1. The van der Waals surface area contributed by atoms with Crippen molar-refractivity contribution in [2.75, 3.05) is 21.3 Å². The van der Waals surface area contributed by atoms with Crippen LogP contribution in [0.15, 0.2) is 35.6 Å². The highest BCUT2D eigenvalue weighted by Crippen LogP contribution is 2.40. The lowest BCUT2D eigenvalue weighted by atomic mass is 9.81. The molecule has 2 fully saturated rings. The van der Waals surface area contributed by atoms with Gasteiger partial charge in [-0.2, -0.15) is 0 Å². The summed E-state index contributed by atoms with van der Waals surface area (Å²) >= 11 is 6.53. The van der Waals surface area contributed by atoms with E-state index >= 15 is 0 Å². The first-order chi connectivity index (χ1) is 26.5. The van der Waals surface area contributed by atoms with Crippen LogP contribution < -0.4 is 0 Å². The van der Waals surface area contributed by atoms with Gasteiger partial charge in [-0.1, -0.05) is 51.5 Å². The van der Waals surface area contributed by atoms with Gasteiger partial charge >= 0.3 is 5.97 Å². The number of aliphatic hydroxyl groups excluding tert-OH is 2. The molecule has 1 amide bonds. The fourth-order valence-corrected chi connectivity index (χ4v) is 9.53. The molecule has 0 aromatic rings. The molecule has 0 aromatic carbocycles. The average Bonchev–Trinajstić information content (AvgIpc) is 3.18. The Bertz CT molecular complexity index is 1440. The number of aliphatic hydroxyl groups is 3. The van der Waals surface area contributed by atoms with Crippen LogP contribution in [0.5, 0.6) is 0 Å². The Morgan fingerprint density at radius 1 is 0.982 bits per heavy atom. The summed E-state index contributed by atoms with van der Waals surface area (Å²) in [6.07, 6.45) is 5.69. The van der Waals surface area contributed by atoms with E-state index in [4.69, 9.17) is 35.3 Å². The van der Waals surface area contributed by atoms with Gasteiger partial charge in [0.05, 0.1) is 29.8 Å². The van der Waals surface area contributed by atoms with Crippen molar-refractivity contribution in [1.29, 1.82) is 0 Å². The Kier molecular flexibility index (Phi) is 17.2. The minimum Gasteiger partial charge on any atom is -0.456 e. The smallest absolute Gasteiger partial charge is 0.329 e. The molecular weight excluding hydrogens is 742 g/mol. The first-order valence-corrected chi connectivity index (χ1v) is 21.0. The quantitative estimate of drug-likeness (QED) is 0.173. The van der Waals surface area contributed by atoms with Crippen LogP contribution in [0.3, 0.4) is 0 Å². The average molecular weight is 810 g/mol. The minimum atomic E-state index is -2.33. The number of carbonyl (C=O) groups excluding carboxylic acids is 3. The monoisotopic (exact) mass is 809 g/mol. The lowest BCUT2D eigenvalue weighted by Crippen LogP contribution is -2.65. The van der Waals surface area contributed by atoms with E-state index < -0.39 is 78.1 Å². The first kappa shape index (κ1) is 46.5. The molecule has 56 heavy (non-hydrogen) atoms. The minimum absolute atomic E-state index is 0.0558.